The van der Waals surface area contributed by atoms with E-state index in [2.05, 4.69) is 0 Å². The Labute approximate surface area is 111 Å². The molecule has 0 aliphatic heterocycles. The van der Waals surface area contributed by atoms with E-state index >= 15 is 0 Å². The Morgan fingerprint density at radius 3 is 2.37 bits per heavy atom. The third-order valence-corrected chi connectivity index (χ3v) is 2.76. The Hall–Kier alpha value is -2.04. The van der Waals surface area contributed by atoms with E-state index in [1.165, 1.54) is 9.13 Å². The molecule has 0 saturated heterocycles. The van der Waals surface area contributed by atoms with E-state index in [-0.39, 0.29) is 12.2 Å². The molecule has 1 aromatic carbocycles. The number of fused-ring (bicyclic) bond motifs is 1. The first-order chi connectivity index (χ1) is 8.79. The fourth-order valence-corrected chi connectivity index (χ4v) is 2.02. The second-order valence-electron chi connectivity index (χ2n) is 5.50. The van der Waals surface area contributed by atoms with Crippen molar-refractivity contribution in [2.45, 2.75) is 32.9 Å². The predicted molar refractivity (Wildman–Crippen MR) is 73.0 cm³/mol. The maximum Gasteiger partial charge on any atom is 0.329 e. The fourth-order valence-electron chi connectivity index (χ4n) is 2.02. The van der Waals surface area contributed by atoms with Crippen molar-refractivity contribution in [2.24, 2.45) is 7.05 Å². The Kier molecular flexibility index (Phi) is 3.22. The monoisotopic (exact) mass is 262 g/mol. The zero-order chi connectivity index (χ0) is 14.2. The average Bonchev–Trinajstić information content (AvgIpc) is 2.53. The van der Waals surface area contributed by atoms with E-state index < -0.39 is 11.6 Å². The number of imidazole rings is 1. The van der Waals surface area contributed by atoms with Crippen molar-refractivity contribution in [2.75, 3.05) is 0 Å². The molecule has 0 aliphatic rings. The summed E-state index contributed by atoms with van der Waals surface area (Å²) in [4.78, 5) is 23.9. The molecule has 0 spiro atoms. The average molecular weight is 262 g/mol. The maximum atomic E-state index is 12.1. The number of rotatable bonds is 2. The standard InChI is InChI=1S/C14H18N2O3/c1-14(2,3)19-12(17)9-16-11-8-6-5-7-10(11)15(4)13(16)18/h5-8H,9H2,1-4H3. The largest absolute Gasteiger partial charge is 0.459 e. The minimum atomic E-state index is -0.550. The van der Waals surface area contributed by atoms with Gasteiger partial charge in [0.15, 0.2) is 0 Å². The van der Waals surface area contributed by atoms with Gasteiger partial charge in [-0.3, -0.25) is 13.9 Å². The van der Waals surface area contributed by atoms with Crippen molar-refractivity contribution < 1.29 is 9.53 Å². The van der Waals surface area contributed by atoms with Gasteiger partial charge in [-0.25, -0.2) is 4.79 Å². The SMILES string of the molecule is Cn1c(=O)n(CC(=O)OC(C)(C)C)c2ccccc21. The van der Waals surface area contributed by atoms with Gasteiger partial charge in [-0.15, -0.1) is 0 Å². The number of benzene rings is 1. The number of esters is 1. The number of nitrogens with zero attached hydrogens (tertiary/aromatic N) is 2. The summed E-state index contributed by atoms with van der Waals surface area (Å²) in [5.74, 6) is -0.411. The summed E-state index contributed by atoms with van der Waals surface area (Å²) in [6.07, 6.45) is 0. The fraction of sp³-hybridized carbons (Fsp3) is 0.429. The summed E-state index contributed by atoms with van der Waals surface area (Å²) in [7, 11) is 1.69. The van der Waals surface area contributed by atoms with E-state index in [0.29, 0.717) is 0 Å². The molecule has 102 valence electrons. The highest BCUT2D eigenvalue weighted by molar-refractivity contribution is 5.78. The first-order valence-electron chi connectivity index (χ1n) is 6.16. The Balaban J connectivity index is 2.39. The number of carbonyl (C=O) groups is 1. The molecule has 0 bridgehead atoms. The molecule has 0 fully saturated rings. The van der Waals surface area contributed by atoms with Crippen molar-refractivity contribution in [3.05, 3.63) is 34.7 Å². The van der Waals surface area contributed by atoms with Crippen LogP contribution in [0.25, 0.3) is 11.0 Å². The lowest BCUT2D eigenvalue weighted by Crippen LogP contribution is -2.30. The zero-order valence-corrected chi connectivity index (χ0v) is 11.6. The number of carbonyl (C=O) groups excluding carboxylic acids is 1. The molecule has 1 heterocycles. The first kappa shape index (κ1) is 13.4. The van der Waals surface area contributed by atoms with Crippen molar-refractivity contribution in [1.82, 2.24) is 9.13 Å². The predicted octanol–water partition coefficient (Wildman–Crippen LogP) is 1.68. The van der Waals surface area contributed by atoms with Crippen LogP contribution in [0, 0.1) is 0 Å². The van der Waals surface area contributed by atoms with Gasteiger partial charge in [0.1, 0.15) is 12.1 Å². The molecular formula is C14H18N2O3. The Morgan fingerprint density at radius 1 is 1.21 bits per heavy atom. The number of hydrogen-bond acceptors (Lipinski definition) is 3. The first-order valence-corrected chi connectivity index (χ1v) is 6.16. The summed E-state index contributed by atoms with van der Waals surface area (Å²) in [6.45, 7) is 5.34. The van der Waals surface area contributed by atoms with Crippen LogP contribution >= 0.6 is 0 Å². The molecule has 2 aromatic rings. The molecule has 0 aliphatic carbocycles. The number of hydrogen-bond donors (Lipinski definition) is 0. The van der Waals surface area contributed by atoms with E-state index in [0.717, 1.165) is 11.0 Å². The third-order valence-electron chi connectivity index (χ3n) is 2.76. The number of aryl methyl sites for hydroxylation is 1. The van der Waals surface area contributed by atoms with Gasteiger partial charge < -0.3 is 4.74 Å². The highest BCUT2D eigenvalue weighted by Crippen LogP contribution is 2.13. The molecule has 1 aromatic heterocycles. The second kappa shape index (κ2) is 4.57. The van der Waals surface area contributed by atoms with Crippen molar-refractivity contribution in [3.8, 4) is 0 Å². The molecule has 5 heteroatoms. The number of ether oxygens (including phenoxy) is 1. The summed E-state index contributed by atoms with van der Waals surface area (Å²) in [6, 6.07) is 7.37. The van der Waals surface area contributed by atoms with E-state index in [1.54, 1.807) is 27.8 Å². The van der Waals surface area contributed by atoms with Crippen LogP contribution in [0.4, 0.5) is 0 Å². The molecule has 0 unspecified atom stereocenters. The molecule has 0 saturated carbocycles. The van der Waals surface area contributed by atoms with Gasteiger partial charge >= 0.3 is 11.7 Å². The summed E-state index contributed by atoms with van der Waals surface area (Å²) >= 11 is 0. The zero-order valence-electron chi connectivity index (χ0n) is 11.6. The molecule has 0 amide bonds. The summed E-state index contributed by atoms with van der Waals surface area (Å²) < 4.78 is 8.21. The van der Waals surface area contributed by atoms with Crippen LogP contribution in [0.1, 0.15) is 20.8 Å². The van der Waals surface area contributed by atoms with Crippen LogP contribution in [0.2, 0.25) is 0 Å². The lowest BCUT2D eigenvalue weighted by molar-refractivity contribution is -0.155. The second-order valence-corrected chi connectivity index (χ2v) is 5.50. The summed E-state index contributed by atoms with van der Waals surface area (Å²) in [5, 5.41) is 0. The van der Waals surface area contributed by atoms with Gasteiger partial charge in [0.2, 0.25) is 0 Å². The highest BCUT2D eigenvalue weighted by atomic mass is 16.6. The molecule has 2 rings (SSSR count). The van der Waals surface area contributed by atoms with Crippen molar-refractivity contribution >= 4 is 17.0 Å². The van der Waals surface area contributed by atoms with Crippen LogP contribution in [0.15, 0.2) is 29.1 Å². The quantitative estimate of drug-likeness (QED) is 0.774. The lowest BCUT2D eigenvalue weighted by Gasteiger charge is -2.19. The van der Waals surface area contributed by atoms with Crippen molar-refractivity contribution in [3.63, 3.8) is 0 Å². The van der Waals surface area contributed by atoms with Crippen LogP contribution in [0.3, 0.4) is 0 Å². The molecular weight excluding hydrogens is 244 g/mol. The third kappa shape index (κ3) is 2.70. The maximum absolute atomic E-state index is 12.1. The molecule has 5 nitrogen and oxygen atoms in total. The van der Waals surface area contributed by atoms with Gasteiger partial charge in [-0.05, 0) is 32.9 Å². The van der Waals surface area contributed by atoms with Crippen molar-refractivity contribution in [1.29, 1.82) is 0 Å². The Morgan fingerprint density at radius 2 is 1.79 bits per heavy atom. The molecule has 0 N–H and O–H groups in total. The van der Waals surface area contributed by atoms with Gasteiger partial charge in [-0.1, -0.05) is 12.1 Å². The van der Waals surface area contributed by atoms with Crippen LogP contribution in [-0.2, 0) is 23.1 Å². The number of para-hydroxylation sites is 2. The minimum absolute atomic E-state index is 0.0720. The van der Waals surface area contributed by atoms with E-state index in [1.807, 2.05) is 24.3 Å². The van der Waals surface area contributed by atoms with Crippen LogP contribution in [0.5, 0.6) is 0 Å². The normalized spacial score (nSPS) is 11.8. The molecule has 0 atom stereocenters. The van der Waals surface area contributed by atoms with E-state index in [4.69, 9.17) is 4.74 Å². The minimum Gasteiger partial charge on any atom is -0.459 e. The van der Waals surface area contributed by atoms with E-state index in [9.17, 15) is 9.59 Å². The number of aromatic nitrogens is 2. The van der Waals surface area contributed by atoms with Gasteiger partial charge in [0.25, 0.3) is 0 Å². The van der Waals surface area contributed by atoms with Crippen LogP contribution in [-0.4, -0.2) is 20.7 Å². The van der Waals surface area contributed by atoms with Gasteiger partial charge in [0, 0.05) is 7.05 Å². The topological polar surface area (TPSA) is 53.2 Å². The van der Waals surface area contributed by atoms with Crippen LogP contribution < -0.4 is 5.69 Å². The molecule has 0 radical (unpaired) electrons. The summed E-state index contributed by atoms with van der Waals surface area (Å²) in [5.41, 5.74) is 0.773. The highest BCUT2D eigenvalue weighted by Gasteiger charge is 2.19. The van der Waals surface area contributed by atoms with Gasteiger partial charge in [0.05, 0.1) is 11.0 Å². The van der Waals surface area contributed by atoms with Gasteiger partial charge in [-0.2, -0.15) is 0 Å². The lowest BCUT2D eigenvalue weighted by atomic mass is 10.2. The molecule has 19 heavy (non-hydrogen) atoms. The smallest absolute Gasteiger partial charge is 0.329 e. The Bertz CT molecular complexity index is 674.